The quantitative estimate of drug-likeness (QED) is 0.235. The molecule has 11 heteroatoms. The number of carbonyl (C=O) groups is 2. The van der Waals surface area contributed by atoms with Crippen LogP contribution in [0.1, 0.15) is 32.8 Å². The number of halogens is 1. The average Bonchev–Trinajstić information content (AvgIpc) is 3.41. The molecule has 2 amide bonds. The van der Waals surface area contributed by atoms with E-state index in [0.717, 1.165) is 32.6 Å². The molecule has 2 aromatic heterocycles. The highest BCUT2D eigenvalue weighted by Gasteiger charge is 2.23. The van der Waals surface area contributed by atoms with Crippen molar-refractivity contribution in [3.63, 3.8) is 0 Å². The molecule has 4 aromatic rings. The number of amides is 2. The predicted octanol–water partition coefficient (Wildman–Crippen LogP) is 5.97. The highest BCUT2D eigenvalue weighted by molar-refractivity contribution is 7.17. The fraction of sp³-hybridized carbons (Fsp3) is 0.333. The number of benzene rings is 2. The first-order valence-electron chi connectivity index (χ1n) is 13.3. The molecule has 0 aliphatic carbocycles. The lowest BCUT2D eigenvalue weighted by molar-refractivity contribution is -0.116. The van der Waals surface area contributed by atoms with Crippen LogP contribution < -0.4 is 15.4 Å². The van der Waals surface area contributed by atoms with E-state index < -0.39 is 17.5 Å². The normalized spacial score (nSPS) is 13.0. The number of aromatic nitrogens is 2. The Morgan fingerprint density at radius 3 is 2.71 bits per heavy atom. The summed E-state index contributed by atoms with van der Waals surface area (Å²) in [6.07, 6.45) is 0.539. The second kappa shape index (κ2) is 12.2. The van der Waals surface area contributed by atoms with Crippen molar-refractivity contribution in [2.24, 2.45) is 0 Å². The Morgan fingerprint density at radius 1 is 1.05 bits per heavy atom. The molecule has 2 aromatic carbocycles. The first-order valence-corrected chi connectivity index (χ1v) is 14.2. The lowest BCUT2D eigenvalue weighted by Crippen LogP contribution is -2.34. The first-order chi connectivity index (χ1) is 19.7. The minimum atomic E-state index is -0.569. The van der Waals surface area contributed by atoms with Crippen LogP contribution in [0.5, 0.6) is 5.75 Å². The van der Waals surface area contributed by atoms with E-state index in [4.69, 9.17) is 14.2 Å². The summed E-state index contributed by atoms with van der Waals surface area (Å²) in [5.74, 6) is -0.100. The number of nitrogens with zero attached hydrogens (tertiary/aromatic N) is 2. The molecule has 0 saturated carbocycles. The van der Waals surface area contributed by atoms with Crippen molar-refractivity contribution in [3.05, 3.63) is 59.2 Å². The van der Waals surface area contributed by atoms with E-state index in [1.807, 2.05) is 29.6 Å². The third-order valence-corrected chi connectivity index (χ3v) is 7.21. The van der Waals surface area contributed by atoms with Crippen LogP contribution in [0, 0.1) is 5.82 Å². The molecule has 2 N–H and O–H groups in total. The van der Waals surface area contributed by atoms with Crippen molar-refractivity contribution in [3.8, 4) is 28.3 Å². The van der Waals surface area contributed by atoms with E-state index in [0.29, 0.717) is 29.8 Å². The Kier molecular flexibility index (Phi) is 8.46. The Balaban J connectivity index is 1.30. The van der Waals surface area contributed by atoms with Crippen LogP contribution in [0.3, 0.4) is 0 Å². The van der Waals surface area contributed by atoms with Gasteiger partial charge in [0, 0.05) is 41.2 Å². The van der Waals surface area contributed by atoms with Gasteiger partial charge in [-0.25, -0.2) is 9.18 Å². The monoisotopic (exact) mass is 578 g/mol. The first kappa shape index (κ1) is 28.4. The van der Waals surface area contributed by atoms with Crippen molar-refractivity contribution >= 4 is 39.1 Å². The SMILES string of the molecule is CC(C)(C)OC(=O)NCCOCCOc1cc(F)ccc1-c1nnc(-c2cccc3c2CCC(=O)N3)c2ccsc12. The van der Waals surface area contributed by atoms with Crippen LogP contribution >= 0.6 is 11.3 Å². The summed E-state index contributed by atoms with van der Waals surface area (Å²) in [7, 11) is 0. The Hall–Kier alpha value is -4.09. The highest BCUT2D eigenvalue weighted by atomic mass is 32.1. The number of carbonyl (C=O) groups excluding carboxylic acids is 2. The molecule has 41 heavy (non-hydrogen) atoms. The molecule has 0 atom stereocenters. The minimum absolute atomic E-state index is 0.00321. The number of alkyl carbamates (subject to hydrolysis) is 1. The summed E-state index contributed by atoms with van der Waals surface area (Å²) < 4.78 is 31.8. The molecule has 3 heterocycles. The minimum Gasteiger partial charge on any atom is -0.490 e. The van der Waals surface area contributed by atoms with Crippen molar-refractivity contribution in [1.82, 2.24) is 15.5 Å². The molecule has 0 saturated heterocycles. The third-order valence-electron chi connectivity index (χ3n) is 6.29. The maximum absolute atomic E-state index is 14.2. The highest BCUT2D eigenvalue weighted by Crippen LogP contribution is 2.41. The molecule has 1 aliphatic heterocycles. The number of nitrogens with one attached hydrogen (secondary N) is 2. The van der Waals surface area contributed by atoms with Crippen LogP contribution in [0.4, 0.5) is 14.9 Å². The zero-order valence-electron chi connectivity index (χ0n) is 23.1. The molecule has 0 unspecified atom stereocenters. The van der Waals surface area contributed by atoms with Gasteiger partial charge in [0.2, 0.25) is 5.91 Å². The number of fused-ring (bicyclic) bond motifs is 2. The molecule has 5 rings (SSSR count). The summed E-state index contributed by atoms with van der Waals surface area (Å²) in [4.78, 5) is 23.6. The third kappa shape index (κ3) is 6.80. The van der Waals surface area contributed by atoms with Crippen LogP contribution in [0.25, 0.3) is 32.6 Å². The summed E-state index contributed by atoms with van der Waals surface area (Å²) in [6.45, 7) is 6.35. The van der Waals surface area contributed by atoms with E-state index in [2.05, 4.69) is 20.8 Å². The lowest BCUT2D eigenvalue weighted by Gasteiger charge is -2.20. The Morgan fingerprint density at radius 2 is 1.88 bits per heavy atom. The second-order valence-corrected chi connectivity index (χ2v) is 11.4. The fourth-order valence-corrected chi connectivity index (χ4v) is 5.46. The Bertz CT molecular complexity index is 1580. The number of rotatable bonds is 9. The zero-order chi connectivity index (χ0) is 29.0. The van der Waals surface area contributed by atoms with Gasteiger partial charge in [0.15, 0.2) is 0 Å². The van der Waals surface area contributed by atoms with Gasteiger partial charge in [0.05, 0.1) is 17.9 Å². The molecule has 0 radical (unpaired) electrons. The van der Waals surface area contributed by atoms with Gasteiger partial charge in [0.25, 0.3) is 0 Å². The van der Waals surface area contributed by atoms with Crippen LogP contribution in [0.15, 0.2) is 47.8 Å². The van der Waals surface area contributed by atoms with Gasteiger partial charge < -0.3 is 24.8 Å². The fourth-order valence-electron chi connectivity index (χ4n) is 4.56. The molecule has 1 aliphatic rings. The van der Waals surface area contributed by atoms with Gasteiger partial charge in [-0.3, -0.25) is 4.79 Å². The zero-order valence-corrected chi connectivity index (χ0v) is 23.9. The van der Waals surface area contributed by atoms with E-state index >= 15 is 0 Å². The van der Waals surface area contributed by atoms with Gasteiger partial charge >= 0.3 is 6.09 Å². The molecular weight excluding hydrogens is 547 g/mol. The van der Waals surface area contributed by atoms with E-state index in [1.165, 1.54) is 23.5 Å². The summed E-state index contributed by atoms with van der Waals surface area (Å²) in [5, 5.41) is 17.6. The van der Waals surface area contributed by atoms with Crippen molar-refractivity contribution in [2.45, 2.75) is 39.2 Å². The molecule has 0 fully saturated rings. The number of anilines is 1. The van der Waals surface area contributed by atoms with Crippen LogP contribution in [-0.2, 0) is 20.7 Å². The van der Waals surface area contributed by atoms with E-state index in [9.17, 15) is 14.0 Å². The maximum Gasteiger partial charge on any atom is 0.407 e. The second-order valence-electron chi connectivity index (χ2n) is 10.5. The van der Waals surface area contributed by atoms with Gasteiger partial charge in [-0.1, -0.05) is 12.1 Å². The molecule has 9 nitrogen and oxygen atoms in total. The van der Waals surface area contributed by atoms with Crippen molar-refractivity contribution in [1.29, 1.82) is 0 Å². The number of ether oxygens (including phenoxy) is 3. The summed E-state index contributed by atoms with van der Waals surface area (Å²) >= 11 is 1.52. The molecular formula is C30H31FN4O5S. The smallest absolute Gasteiger partial charge is 0.407 e. The van der Waals surface area contributed by atoms with Gasteiger partial charge in [-0.05, 0) is 62.4 Å². The van der Waals surface area contributed by atoms with Crippen LogP contribution in [-0.4, -0.2) is 54.2 Å². The summed E-state index contributed by atoms with van der Waals surface area (Å²) in [6, 6.07) is 12.1. The van der Waals surface area contributed by atoms with Crippen molar-refractivity contribution < 1.29 is 28.2 Å². The lowest BCUT2D eigenvalue weighted by atomic mass is 9.94. The number of hydrogen-bond acceptors (Lipinski definition) is 8. The van der Waals surface area contributed by atoms with Crippen LogP contribution in [0.2, 0.25) is 0 Å². The molecule has 214 valence electrons. The largest absolute Gasteiger partial charge is 0.490 e. The van der Waals surface area contributed by atoms with Crippen molar-refractivity contribution in [2.75, 3.05) is 31.7 Å². The summed E-state index contributed by atoms with van der Waals surface area (Å²) in [5.41, 5.74) is 4.14. The van der Waals surface area contributed by atoms with Gasteiger partial charge in [0.1, 0.15) is 35.2 Å². The van der Waals surface area contributed by atoms with Gasteiger partial charge in [-0.15, -0.1) is 21.5 Å². The number of hydrogen-bond donors (Lipinski definition) is 2. The molecule has 0 spiro atoms. The van der Waals surface area contributed by atoms with E-state index in [-0.39, 0.29) is 32.3 Å². The Labute approximate surface area is 241 Å². The van der Waals surface area contributed by atoms with Gasteiger partial charge in [-0.2, -0.15) is 0 Å². The predicted molar refractivity (Wildman–Crippen MR) is 156 cm³/mol. The molecule has 0 bridgehead atoms. The topological polar surface area (TPSA) is 112 Å². The maximum atomic E-state index is 14.2. The standard InChI is InChI=1S/C30H31FN4O5S/c1-30(2,3)40-29(37)32-12-13-38-14-15-39-24-17-18(31)7-8-21(24)27-28-22(11-16-41-28)26(34-35-27)20-5-4-6-23-19(20)9-10-25(36)33-23/h4-8,11,16-17H,9-10,12-15H2,1-3H3,(H,32,37)(H,33,36). The number of thiophene rings is 1. The average molecular weight is 579 g/mol. The van der Waals surface area contributed by atoms with E-state index in [1.54, 1.807) is 26.8 Å².